The van der Waals surface area contributed by atoms with Crippen molar-refractivity contribution < 1.29 is 17.9 Å². The molecule has 146 valence electrons. The molecular weight excluding hydrogens is 382 g/mol. The highest BCUT2D eigenvalue weighted by atomic mass is 32.2. The van der Waals surface area contributed by atoms with Crippen molar-refractivity contribution in [3.05, 3.63) is 45.6 Å². The van der Waals surface area contributed by atoms with Gasteiger partial charge >= 0.3 is 5.97 Å². The number of benzene rings is 1. The highest BCUT2D eigenvalue weighted by Gasteiger charge is 2.37. The van der Waals surface area contributed by atoms with Crippen LogP contribution in [-0.4, -0.2) is 21.5 Å². The van der Waals surface area contributed by atoms with Crippen LogP contribution in [0.1, 0.15) is 61.3 Å². The summed E-state index contributed by atoms with van der Waals surface area (Å²) < 4.78 is 33.2. The van der Waals surface area contributed by atoms with Gasteiger partial charge in [-0.1, -0.05) is 33.8 Å². The first-order valence-corrected chi connectivity index (χ1v) is 11.2. The molecule has 1 aliphatic rings. The fourth-order valence-electron chi connectivity index (χ4n) is 3.58. The Balaban J connectivity index is 2.02. The maximum Gasteiger partial charge on any atom is 0.350 e. The quantitative estimate of drug-likeness (QED) is 0.747. The van der Waals surface area contributed by atoms with Crippen LogP contribution in [0.15, 0.2) is 34.5 Å². The molecule has 3 rings (SSSR count). The van der Waals surface area contributed by atoms with E-state index in [4.69, 9.17) is 4.74 Å². The number of rotatable bonds is 4. The molecule has 2 aromatic rings. The summed E-state index contributed by atoms with van der Waals surface area (Å²) in [5.41, 5.74) is 2.44. The predicted octanol–water partition coefficient (Wildman–Crippen LogP) is 4.68. The number of fused-ring (bicyclic) bond motifs is 1. The largest absolute Gasteiger partial charge is 0.465 e. The maximum absolute atomic E-state index is 13.0. The van der Waals surface area contributed by atoms with Crippen molar-refractivity contribution in [2.24, 2.45) is 0 Å². The lowest BCUT2D eigenvalue weighted by molar-refractivity contribution is 0.0607. The molecule has 5 nitrogen and oxygen atoms in total. The van der Waals surface area contributed by atoms with Gasteiger partial charge in [0.1, 0.15) is 4.88 Å². The molecule has 1 N–H and O–H groups in total. The molecule has 7 heteroatoms. The van der Waals surface area contributed by atoms with Crippen molar-refractivity contribution in [2.45, 2.75) is 56.3 Å². The minimum atomic E-state index is -3.82. The molecule has 0 saturated heterocycles. The van der Waals surface area contributed by atoms with Gasteiger partial charge in [0.25, 0.3) is 10.0 Å². The Labute approximate surface area is 164 Å². The van der Waals surface area contributed by atoms with Crippen LogP contribution >= 0.6 is 11.3 Å². The lowest BCUT2D eigenvalue weighted by Crippen LogP contribution is -2.34. The summed E-state index contributed by atoms with van der Waals surface area (Å²) in [7, 11) is -2.55. The molecule has 0 radical (unpaired) electrons. The van der Waals surface area contributed by atoms with E-state index in [0.29, 0.717) is 0 Å². The van der Waals surface area contributed by atoms with E-state index in [1.807, 2.05) is 6.07 Å². The molecule has 27 heavy (non-hydrogen) atoms. The van der Waals surface area contributed by atoms with Gasteiger partial charge in [0.05, 0.1) is 17.7 Å². The Hall–Kier alpha value is -1.86. The van der Waals surface area contributed by atoms with Gasteiger partial charge in [-0.15, -0.1) is 11.3 Å². The normalized spacial score (nSPS) is 17.8. The van der Waals surface area contributed by atoms with Gasteiger partial charge < -0.3 is 4.74 Å². The van der Waals surface area contributed by atoms with Gasteiger partial charge in [-0.25, -0.2) is 13.2 Å². The number of hydrogen-bond donors (Lipinski definition) is 1. The third-order valence-corrected chi connectivity index (χ3v) is 7.67. The molecule has 1 aromatic carbocycles. The van der Waals surface area contributed by atoms with E-state index in [1.54, 1.807) is 23.6 Å². The highest BCUT2D eigenvalue weighted by molar-refractivity contribution is 7.92. The first-order valence-electron chi connectivity index (χ1n) is 8.82. The smallest absolute Gasteiger partial charge is 0.350 e. The summed E-state index contributed by atoms with van der Waals surface area (Å²) >= 11 is 1.14. The average Bonchev–Trinajstić information content (AvgIpc) is 3.05. The number of nitrogens with one attached hydrogen (secondary N) is 1. The van der Waals surface area contributed by atoms with Crippen LogP contribution in [0.2, 0.25) is 0 Å². The van der Waals surface area contributed by atoms with Crippen LogP contribution in [0, 0.1) is 0 Å². The number of carbonyl (C=O) groups excluding carboxylic acids is 1. The van der Waals surface area contributed by atoms with E-state index in [9.17, 15) is 13.2 Å². The molecule has 1 aromatic heterocycles. The Morgan fingerprint density at radius 2 is 1.70 bits per heavy atom. The topological polar surface area (TPSA) is 72.5 Å². The van der Waals surface area contributed by atoms with E-state index < -0.39 is 16.0 Å². The molecule has 0 spiro atoms. The van der Waals surface area contributed by atoms with Crippen molar-refractivity contribution in [1.82, 2.24) is 0 Å². The number of thiophene rings is 1. The van der Waals surface area contributed by atoms with E-state index in [1.165, 1.54) is 12.7 Å². The number of sulfonamides is 1. The molecule has 1 heterocycles. The second kappa shape index (κ2) is 6.63. The van der Waals surface area contributed by atoms with E-state index in [-0.39, 0.29) is 26.3 Å². The number of ether oxygens (including phenoxy) is 1. The standard InChI is InChI=1S/C20H25NO4S2/c1-19(2)9-10-20(3,4)15-12-13(6-7-14(15)19)27(23,24)21-16-8-11-26-17(16)18(22)25-5/h6-8,11-12,21H,9-10H2,1-5H3. The predicted molar refractivity (Wildman–Crippen MR) is 108 cm³/mol. The summed E-state index contributed by atoms with van der Waals surface area (Å²) in [6.07, 6.45) is 2.07. The fourth-order valence-corrected chi connectivity index (χ4v) is 5.51. The molecule has 0 bridgehead atoms. The van der Waals surface area contributed by atoms with Gasteiger partial charge in [-0.2, -0.15) is 0 Å². The van der Waals surface area contributed by atoms with Crippen LogP contribution in [0.25, 0.3) is 0 Å². The summed E-state index contributed by atoms with van der Waals surface area (Å²) in [6.45, 7) is 8.70. The van der Waals surface area contributed by atoms with E-state index in [2.05, 4.69) is 32.4 Å². The second-order valence-electron chi connectivity index (χ2n) is 8.24. The molecule has 0 aliphatic heterocycles. The molecular formula is C20H25NO4S2. The van der Waals surface area contributed by atoms with Crippen LogP contribution in [0.3, 0.4) is 0 Å². The van der Waals surface area contributed by atoms with Crippen molar-refractivity contribution >= 4 is 33.0 Å². The van der Waals surface area contributed by atoms with Gasteiger partial charge in [-0.05, 0) is 58.4 Å². The molecule has 0 unspecified atom stereocenters. The van der Waals surface area contributed by atoms with Crippen molar-refractivity contribution in [3.63, 3.8) is 0 Å². The number of esters is 1. The first-order chi connectivity index (χ1) is 12.5. The molecule has 0 saturated carbocycles. The van der Waals surface area contributed by atoms with Gasteiger partial charge in [0.2, 0.25) is 0 Å². The Kier molecular flexibility index (Phi) is 4.89. The lowest BCUT2D eigenvalue weighted by Gasteiger charge is -2.42. The van der Waals surface area contributed by atoms with Gasteiger partial charge in [-0.3, -0.25) is 4.72 Å². The Bertz CT molecular complexity index is 987. The zero-order valence-electron chi connectivity index (χ0n) is 16.3. The third kappa shape index (κ3) is 3.62. The minimum Gasteiger partial charge on any atom is -0.465 e. The van der Waals surface area contributed by atoms with Crippen LogP contribution in [0.4, 0.5) is 5.69 Å². The number of anilines is 1. The number of methoxy groups -OCH3 is 1. The fraction of sp³-hybridized carbons (Fsp3) is 0.450. The zero-order chi connectivity index (χ0) is 20.0. The number of carbonyl (C=O) groups is 1. The van der Waals surface area contributed by atoms with Crippen LogP contribution in [0.5, 0.6) is 0 Å². The Morgan fingerprint density at radius 1 is 1.07 bits per heavy atom. The third-order valence-electron chi connectivity index (χ3n) is 5.41. The highest BCUT2D eigenvalue weighted by Crippen LogP contribution is 2.46. The second-order valence-corrected chi connectivity index (χ2v) is 10.8. The lowest BCUT2D eigenvalue weighted by atomic mass is 9.63. The van der Waals surface area contributed by atoms with Crippen LogP contribution in [-0.2, 0) is 25.6 Å². The molecule has 1 aliphatic carbocycles. The van der Waals surface area contributed by atoms with E-state index in [0.717, 1.165) is 29.7 Å². The molecule has 0 fully saturated rings. The summed E-state index contributed by atoms with van der Waals surface area (Å²) in [4.78, 5) is 12.3. The van der Waals surface area contributed by atoms with Gasteiger partial charge in [0, 0.05) is 0 Å². The number of hydrogen-bond acceptors (Lipinski definition) is 5. The monoisotopic (exact) mass is 407 g/mol. The van der Waals surface area contributed by atoms with Crippen LogP contribution < -0.4 is 4.72 Å². The summed E-state index contributed by atoms with van der Waals surface area (Å²) in [5, 5.41) is 1.66. The van der Waals surface area contributed by atoms with E-state index >= 15 is 0 Å². The summed E-state index contributed by atoms with van der Waals surface area (Å²) in [5.74, 6) is -0.559. The first kappa shape index (κ1) is 19.9. The molecule has 0 atom stereocenters. The van der Waals surface area contributed by atoms with Gasteiger partial charge in [0.15, 0.2) is 0 Å². The van der Waals surface area contributed by atoms with Crippen molar-refractivity contribution in [2.75, 3.05) is 11.8 Å². The Morgan fingerprint density at radius 3 is 2.33 bits per heavy atom. The maximum atomic E-state index is 13.0. The minimum absolute atomic E-state index is 0.0198. The van der Waals surface area contributed by atoms with Crippen molar-refractivity contribution in [3.8, 4) is 0 Å². The zero-order valence-corrected chi connectivity index (χ0v) is 17.9. The van der Waals surface area contributed by atoms with Crippen molar-refractivity contribution in [1.29, 1.82) is 0 Å². The SMILES string of the molecule is COC(=O)c1sccc1NS(=O)(=O)c1ccc2c(c1)C(C)(C)CCC2(C)C. The molecule has 0 amide bonds. The summed E-state index contributed by atoms with van der Waals surface area (Å²) in [6, 6.07) is 6.93. The average molecular weight is 408 g/mol.